The van der Waals surface area contributed by atoms with Gasteiger partial charge in [0.1, 0.15) is 18.2 Å². The van der Waals surface area contributed by atoms with Crippen LogP contribution in [0.4, 0.5) is 14.5 Å². The molecule has 222 valence electrons. The van der Waals surface area contributed by atoms with Gasteiger partial charge in [-0.15, -0.1) is 0 Å². The zero-order valence-electron chi connectivity index (χ0n) is 23.5. The number of aryl methyl sites for hydroxylation is 1. The molecule has 0 radical (unpaired) electrons. The van der Waals surface area contributed by atoms with Crippen LogP contribution >= 0.6 is 0 Å². The third kappa shape index (κ3) is 6.81. The van der Waals surface area contributed by atoms with Crippen LogP contribution in [0, 0.1) is 18.6 Å². The number of nitrogens with zero attached hydrogens (tertiary/aromatic N) is 2. The second-order valence-electron chi connectivity index (χ2n) is 10.4. The van der Waals surface area contributed by atoms with Crippen molar-refractivity contribution in [1.29, 1.82) is 0 Å². The van der Waals surface area contributed by atoms with E-state index >= 15 is 0 Å². The topological polar surface area (TPSA) is 86.8 Å². The number of anilines is 1. The average molecular weight is 604 g/mol. The monoisotopic (exact) mass is 603 g/mol. The first-order chi connectivity index (χ1) is 20.6. The number of sulfonamides is 1. The molecule has 1 fully saturated rings. The molecule has 1 heterocycles. The number of carbonyl (C=O) groups is 2. The number of hydrogen-bond acceptors (Lipinski definition) is 4. The van der Waals surface area contributed by atoms with Crippen LogP contribution < -0.4 is 9.62 Å². The Hall–Kier alpha value is -4.41. The van der Waals surface area contributed by atoms with Crippen molar-refractivity contribution in [3.8, 4) is 0 Å². The summed E-state index contributed by atoms with van der Waals surface area (Å²) in [5.74, 6) is -2.67. The van der Waals surface area contributed by atoms with Crippen molar-refractivity contribution in [3.63, 3.8) is 0 Å². The van der Waals surface area contributed by atoms with Crippen LogP contribution in [0.15, 0.2) is 102 Å². The Morgan fingerprint density at radius 1 is 0.884 bits per heavy atom. The van der Waals surface area contributed by atoms with E-state index in [-0.39, 0.29) is 48.2 Å². The van der Waals surface area contributed by atoms with E-state index in [0.29, 0.717) is 18.1 Å². The van der Waals surface area contributed by atoms with Gasteiger partial charge < -0.3 is 9.80 Å². The highest BCUT2D eigenvalue weighted by atomic mass is 32.2. The molecule has 5 rings (SSSR count). The summed E-state index contributed by atoms with van der Waals surface area (Å²) in [6.07, 6.45) is 0.520. The van der Waals surface area contributed by atoms with Crippen LogP contribution in [0.2, 0.25) is 0 Å². The van der Waals surface area contributed by atoms with Crippen LogP contribution in [0.25, 0.3) is 0 Å². The molecule has 1 N–H and O–H groups in total. The minimum atomic E-state index is -3.96. The van der Waals surface area contributed by atoms with Crippen LogP contribution in [-0.2, 0) is 14.8 Å². The molecule has 0 saturated carbocycles. The summed E-state index contributed by atoms with van der Waals surface area (Å²) in [7, 11) is -3.96. The molecule has 1 aliphatic heterocycles. The van der Waals surface area contributed by atoms with Crippen LogP contribution in [-0.4, -0.2) is 51.3 Å². The highest BCUT2D eigenvalue weighted by molar-refractivity contribution is 7.89. The number of nitrogens with one attached hydrogen (secondary N) is 1. The number of piperazine rings is 1. The minimum absolute atomic E-state index is 0.00964. The first-order valence-corrected chi connectivity index (χ1v) is 15.4. The highest BCUT2D eigenvalue weighted by Gasteiger charge is 2.31. The number of hydrogen-bond donors (Lipinski definition) is 1. The summed E-state index contributed by atoms with van der Waals surface area (Å²) in [5.41, 5.74) is 2.80. The van der Waals surface area contributed by atoms with Crippen LogP contribution in [0.5, 0.6) is 0 Å². The standard InChI is InChI=1S/C33H31F2N3O4S/c1-23-12-14-27(43(41,42)36-17-16-28(24-8-4-2-5-9-24)25-10-6-3-7-11-25)21-29(23)33(40)37-18-19-38(32(39)22-37)31-15-13-26(34)20-30(31)35/h2-15,20-21,28,36H,16-19,22H2,1H3. The smallest absolute Gasteiger partial charge is 0.254 e. The Kier molecular flexibility index (Phi) is 8.98. The third-order valence-electron chi connectivity index (χ3n) is 7.59. The van der Waals surface area contributed by atoms with E-state index in [1.165, 1.54) is 28.0 Å². The molecule has 10 heteroatoms. The van der Waals surface area contributed by atoms with Crippen LogP contribution in [0.3, 0.4) is 0 Å². The first kappa shape index (κ1) is 30.1. The Morgan fingerprint density at radius 2 is 1.53 bits per heavy atom. The van der Waals surface area contributed by atoms with Gasteiger partial charge in [0.25, 0.3) is 5.91 Å². The molecule has 0 unspecified atom stereocenters. The lowest BCUT2D eigenvalue weighted by Gasteiger charge is -2.34. The van der Waals surface area contributed by atoms with E-state index in [0.717, 1.165) is 17.2 Å². The predicted molar refractivity (Wildman–Crippen MR) is 160 cm³/mol. The highest BCUT2D eigenvalue weighted by Crippen LogP contribution is 2.28. The van der Waals surface area contributed by atoms with Gasteiger partial charge >= 0.3 is 0 Å². The molecule has 0 aromatic heterocycles. The first-order valence-electron chi connectivity index (χ1n) is 13.9. The van der Waals surface area contributed by atoms with E-state index < -0.39 is 33.5 Å². The SMILES string of the molecule is Cc1ccc(S(=O)(=O)NCCC(c2ccccc2)c2ccccc2)cc1C(=O)N1CCN(c2ccc(F)cc2F)C(=O)C1. The van der Waals surface area contributed by atoms with E-state index in [4.69, 9.17) is 0 Å². The van der Waals surface area contributed by atoms with E-state index in [9.17, 15) is 26.8 Å². The number of carbonyl (C=O) groups excluding carboxylic acids is 2. The Bertz CT molecular complexity index is 1690. The lowest BCUT2D eigenvalue weighted by molar-refractivity contribution is -0.120. The van der Waals surface area contributed by atoms with E-state index in [1.807, 2.05) is 60.7 Å². The Labute approximate surface area is 249 Å². The molecule has 7 nitrogen and oxygen atoms in total. The minimum Gasteiger partial charge on any atom is -0.328 e. The van der Waals surface area contributed by atoms with Crippen molar-refractivity contribution in [2.24, 2.45) is 0 Å². The number of halogens is 2. The van der Waals surface area contributed by atoms with Crippen molar-refractivity contribution in [2.75, 3.05) is 31.1 Å². The fraction of sp³-hybridized carbons (Fsp3) is 0.212. The van der Waals surface area contributed by atoms with Gasteiger partial charge in [-0.05, 0) is 54.3 Å². The number of benzene rings is 4. The van der Waals surface area contributed by atoms with E-state index in [2.05, 4.69) is 4.72 Å². The predicted octanol–water partition coefficient (Wildman–Crippen LogP) is 5.26. The Morgan fingerprint density at radius 3 is 2.14 bits per heavy atom. The molecule has 1 aliphatic rings. The maximum absolute atomic E-state index is 14.3. The maximum Gasteiger partial charge on any atom is 0.254 e. The second kappa shape index (κ2) is 12.8. The fourth-order valence-electron chi connectivity index (χ4n) is 5.29. The van der Waals surface area contributed by atoms with Crippen molar-refractivity contribution >= 4 is 27.5 Å². The molecule has 0 atom stereocenters. The van der Waals surface area contributed by atoms with Gasteiger partial charge in [0.05, 0.1) is 10.6 Å². The molecule has 1 saturated heterocycles. The van der Waals surface area contributed by atoms with Crippen molar-refractivity contribution in [3.05, 3.63) is 131 Å². The second-order valence-corrected chi connectivity index (χ2v) is 12.2. The molecule has 0 aliphatic carbocycles. The summed E-state index contributed by atoms with van der Waals surface area (Å²) in [5, 5.41) is 0. The molecule has 43 heavy (non-hydrogen) atoms. The van der Waals surface area contributed by atoms with Gasteiger partial charge in [-0.3, -0.25) is 9.59 Å². The fourth-order valence-corrected chi connectivity index (χ4v) is 6.36. The van der Waals surface area contributed by atoms with E-state index in [1.54, 1.807) is 13.0 Å². The molecule has 2 amide bonds. The normalized spacial score (nSPS) is 13.9. The molecular formula is C33H31F2N3O4S. The van der Waals surface area contributed by atoms with Gasteiger partial charge in [-0.1, -0.05) is 66.7 Å². The van der Waals surface area contributed by atoms with Gasteiger partial charge in [-0.2, -0.15) is 0 Å². The lowest BCUT2D eigenvalue weighted by atomic mass is 9.89. The van der Waals surface area contributed by atoms with Crippen LogP contribution in [0.1, 0.15) is 39.4 Å². The summed E-state index contributed by atoms with van der Waals surface area (Å²) in [4.78, 5) is 28.7. The van der Waals surface area contributed by atoms with Gasteiger partial charge in [0, 0.05) is 37.2 Å². The molecule has 4 aromatic carbocycles. The molecule has 4 aromatic rings. The molecular weight excluding hydrogens is 572 g/mol. The average Bonchev–Trinajstić information content (AvgIpc) is 3.00. The number of rotatable bonds is 9. The Balaban J connectivity index is 1.28. The summed E-state index contributed by atoms with van der Waals surface area (Å²) < 4.78 is 56.9. The van der Waals surface area contributed by atoms with Gasteiger partial charge in [0.15, 0.2) is 0 Å². The summed E-state index contributed by atoms with van der Waals surface area (Å²) in [6.45, 7) is 1.63. The maximum atomic E-state index is 14.3. The van der Waals surface area contributed by atoms with Gasteiger partial charge in [-0.25, -0.2) is 21.9 Å². The van der Waals surface area contributed by atoms with Crippen molar-refractivity contribution in [1.82, 2.24) is 9.62 Å². The molecule has 0 spiro atoms. The van der Waals surface area contributed by atoms with Crippen molar-refractivity contribution in [2.45, 2.75) is 24.2 Å². The van der Waals surface area contributed by atoms with Gasteiger partial charge in [0.2, 0.25) is 15.9 Å². The molecule has 0 bridgehead atoms. The quantitative estimate of drug-likeness (QED) is 0.283. The zero-order chi connectivity index (χ0) is 30.6. The van der Waals surface area contributed by atoms with Crippen molar-refractivity contribution < 1.29 is 26.8 Å². The zero-order valence-corrected chi connectivity index (χ0v) is 24.4. The summed E-state index contributed by atoms with van der Waals surface area (Å²) in [6, 6.07) is 27.0. The largest absolute Gasteiger partial charge is 0.328 e. The lowest BCUT2D eigenvalue weighted by Crippen LogP contribution is -2.52. The number of amides is 2. The third-order valence-corrected chi connectivity index (χ3v) is 9.05. The summed E-state index contributed by atoms with van der Waals surface area (Å²) >= 11 is 0.